The fraction of sp³-hybridized carbons (Fsp3) is 1.00. The molecule has 0 fully saturated rings. The van der Waals surface area contributed by atoms with E-state index in [0.29, 0.717) is 0 Å². The number of nitrogens with two attached hydrogens (primary N) is 1. The lowest BCUT2D eigenvalue weighted by molar-refractivity contribution is 1.16. The van der Waals surface area contributed by atoms with Crippen molar-refractivity contribution in [3.8, 4) is 0 Å². The van der Waals surface area contributed by atoms with Crippen LogP contribution in [0.25, 0.3) is 0 Å². The Morgan fingerprint density at radius 1 is 1.25 bits per heavy atom. The Morgan fingerprint density at radius 3 is 2.38 bits per heavy atom. The second kappa shape index (κ2) is 7.95. The zero-order chi connectivity index (χ0) is 6.24. The zero-order valence-electron chi connectivity index (χ0n) is 4.60. The quantitative estimate of drug-likeness (QED) is 0.387. The maximum absolute atomic E-state index is 5.42. The minimum absolute atomic E-state index is 0.738. The van der Waals surface area contributed by atoms with Gasteiger partial charge in [-0.3, -0.25) is 0 Å². The molecule has 8 heavy (non-hydrogen) atoms. The second-order valence-electron chi connectivity index (χ2n) is 1.12. The SMILES string of the molecule is NCCSSCCCl. The number of halogens is 1. The Morgan fingerprint density at radius 2 is 1.88 bits per heavy atom. The van der Waals surface area contributed by atoms with Crippen LogP contribution in [0.2, 0.25) is 0 Å². The van der Waals surface area contributed by atoms with Crippen molar-refractivity contribution >= 4 is 33.2 Å². The maximum Gasteiger partial charge on any atom is 0.0322 e. The van der Waals surface area contributed by atoms with E-state index in [1.807, 2.05) is 0 Å². The molecule has 0 radical (unpaired) electrons. The van der Waals surface area contributed by atoms with Gasteiger partial charge >= 0.3 is 0 Å². The van der Waals surface area contributed by atoms with Crippen LogP contribution in [0.4, 0.5) is 0 Å². The first-order chi connectivity index (χ1) is 3.91. The zero-order valence-corrected chi connectivity index (χ0v) is 6.99. The largest absolute Gasteiger partial charge is 0.330 e. The van der Waals surface area contributed by atoms with Gasteiger partial charge < -0.3 is 5.73 Å². The van der Waals surface area contributed by atoms with Crippen molar-refractivity contribution in [2.75, 3.05) is 23.9 Å². The van der Waals surface area contributed by atoms with Crippen molar-refractivity contribution in [1.82, 2.24) is 0 Å². The van der Waals surface area contributed by atoms with Crippen molar-refractivity contribution in [2.24, 2.45) is 5.73 Å². The first kappa shape index (κ1) is 8.95. The average molecular weight is 172 g/mol. The summed E-state index contributed by atoms with van der Waals surface area (Å²) in [5.74, 6) is 2.79. The van der Waals surface area contributed by atoms with Gasteiger partial charge in [0, 0.05) is 23.9 Å². The van der Waals surface area contributed by atoms with Gasteiger partial charge in [-0.15, -0.1) is 11.6 Å². The normalized spacial score (nSPS) is 9.75. The van der Waals surface area contributed by atoms with Gasteiger partial charge in [0.05, 0.1) is 0 Å². The van der Waals surface area contributed by atoms with E-state index in [2.05, 4.69) is 0 Å². The molecule has 1 nitrogen and oxygen atoms in total. The molecule has 0 heterocycles. The molecular weight excluding hydrogens is 162 g/mol. The van der Waals surface area contributed by atoms with Gasteiger partial charge in [0.2, 0.25) is 0 Å². The molecule has 0 aromatic heterocycles. The number of hydrogen-bond donors (Lipinski definition) is 1. The molecular formula is C4H10ClNS2. The van der Waals surface area contributed by atoms with Gasteiger partial charge in [-0.25, -0.2) is 0 Å². The Balaban J connectivity index is 2.53. The summed E-state index contributed by atoms with van der Waals surface area (Å²) >= 11 is 5.42. The van der Waals surface area contributed by atoms with Gasteiger partial charge in [0.1, 0.15) is 0 Å². The van der Waals surface area contributed by atoms with Crippen LogP contribution >= 0.6 is 33.2 Å². The Labute approximate surface area is 63.1 Å². The molecule has 0 saturated heterocycles. The van der Waals surface area contributed by atoms with Crippen molar-refractivity contribution in [2.45, 2.75) is 0 Å². The molecule has 0 bridgehead atoms. The van der Waals surface area contributed by atoms with E-state index in [9.17, 15) is 0 Å². The highest BCUT2D eigenvalue weighted by Gasteiger charge is 1.84. The third-order valence-corrected chi connectivity index (χ3v) is 3.30. The molecule has 0 aromatic carbocycles. The second-order valence-corrected chi connectivity index (χ2v) is 4.20. The van der Waals surface area contributed by atoms with Crippen LogP contribution in [0.15, 0.2) is 0 Å². The predicted molar refractivity (Wildman–Crippen MR) is 44.7 cm³/mol. The third-order valence-electron chi connectivity index (χ3n) is 0.445. The van der Waals surface area contributed by atoms with E-state index in [1.54, 1.807) is 21.6 Å². The lowest BCUT2D eigenvalue weighted by Crippen LogP contribution is -1.99. The smallest absolute Gasteiger partial charge is 0.0322 e. The lowest BCUT2D eigenvalue weighted by Gasteiger charge is -1.92. The average Bonchev–Trinajstić information content (AvgIpc) is 1.81. The van der Waals surface area contributed by atoms with Crippen molar-refractivity contribution in [1.29, 1.82) is 0 Å². The van der Waals surface area contributed by atoms with Gasteiger partial charge in [-0.05, 0) is 0 Å². The number of hydrogen-bond acceptors (Lipinski definition) is 3. The van der Waals surface area contributed by atoms with Crippen molar-refractivity contribution < 1.29 is 0 Å². The molecule has 0 aliphatic carbocycles. The van der Waals surface area contributed by atoms with E-state index >= 15 is 0 Å². The monoisotopic (exact) mass is 171 g/mol. The molecule has 0 amide bonds. The summed E-state index contributed by atoms with van der Waals surface area (Å²) in [5.41, 5.74) is 5.24. The van der Waals surface area contributed by atoms with Gasteiger partial charge in [0.15, 0.2) is 0 Å². The summed E-state index contributed by atoms with van der Waals surface area (Å²) in [4.78, 5) is 0. The van der Waals surface area contributed by atoms with E-state index < -0.39 is 0 Å². The Hall–Kier alpha value is 0.950. The molecule has 50 valence electrons. The fourth-order valence-electron chi connectivity index (χ4n) is 0.197. The van der Waals surface area contributed by atoms with Crippen LogP contribution in [0, 0.1) is 0 Å². The van der Waals surface area contributed by atoms with E-state index in [4.69, 9.17) is 17.3 Å². The van der Waals surface area contributed by atoms with E-state index in [-0.39, 0.29) is 0 Å². The lowest BCUT2D eigenvalue weighted by atomic mass is 10.8. The standard InChI is InChI=1S/C4H10ClNS2/c5-1-3-7-8-4-2-6/h1-4,6H2. The molecule has 0 aromatic rings. The predicted octanol–water partition coefficient (Wildman–Crippen LogP) is 1.57. The molecule has 2 N–H and O–H groups in total. The molecule has 0 spiro atoms. The van der Waals surface area contributed by atoms with E-state index in [1.165, 1.54) is 0 Å². The molecule has 4 heteroatoms. The minimum atomic E-state index is 0.738. The summed E-state index contributed by atoms with van der Waals surface area (Å²) in [5, 5.41) is 0. The first-order valence-electron chi connectivity index (χ1n) is 2.42. The highest BCUT2D eigenvalue weighted by molar-refractivity contribution is 8.76. The number of rotatable bonds is 5. The Bertz CT molecular complexity index is 39.0. The Kier molecular flexibility index (Phi) is 8.89. The van der Waals surface area contributed by atoms with Crippen LogP contribution in [0.1, 0.15) is 0 Å². The van der Waals surface area contributed by atoms with Crippen molar-refractivity contribution in [3.63, 3.8) is 0 Å². The summed E-state index contributed by atoms with van der Waals surface area (Å²) in [7, 11) is 3.57. The highest BCUT2D eigenvalue weighted by Crippen LogP contribution is 2.19. The minimum Gasteiger partial charge on any atom is -0.330 e. The van der Waals surface area contributed by atoms with Gasteiger partial charge in [-0.1, -0.05) is 21.6 Å². The van der Waals surface area contributed by atoms with Crippen molar-refractivity contribution in [3.05, 3.63) is 0 Å². The molecule has 0 atom stereocenters. The summed E-state index contributed by atoms with van der Waals surface area (Å²) in [6, 6.07) is 0. The summed E-state index contributed by atoms with van der Waals surface area (Å²) < 4.78 is 0. The van der Waals surface area contributed by atoms with Crippen LogP contribution in [-0.4, -0.2) is 23.9 Å². The summed E-state index contributed by atoms with van der Waals surface area (Å²) in [6.45, 7) is 0.764. The van der Waals surface area contributed by atoms with Gasteiger partial charge in [0.25, 0.3) is 0 Å². The highest BCUT2D eigenvalue weighted by atomic mass is 35.5. The van der Waals surface area contributed by atoms with Crippen LogP contribution in [-0.2, 0) is 0 Å². The maximum atomic E-state index is 5.42. The van der Waals surface area contributed by atoms with Crippen LogP contribution < -0.4 is 5.73 Å². The fourth-order valence-corrected chi connectivity index (χ4v) is 2.34. The molecule has 0 aliphatic heterocycles. The first-order valence-corrected chi connectivity index (χ1v) is 5.44. The molecule has 0 unspecified atom stereocenters. The molecule has 0 rings (SSSR count). The van der Waals surface area contributed by atoms with Gasteiger partial charge in [-0.2, -0.15) is 0 Å². The van der Waals surface area contributed by atoms with Crippen LogP contribution in [0.5, 0.6) is 0 Å². The topological polar surface area (TPSA) is 26.0 Å². The molecule has 0 aliphatic rings. The van der Waals surface area contributed by atoms with Crippen LogP contribution in [0.3, 0.4) is 0 Å². The summed E-state index contributed by atoms with van der Waals surface area (Å²) in [6.07, 6.45) is 0. The third kappa shape index (κ3) is 6.95. The molecule has 0 saturated carbocycles. The number of alkyl halides is 1. The van der Waals surface area contributed by atoms with E-state index in [0.717, 1.165) is 23.9 Å².